The van der Waals surface area contributed by atoms with Gasteiger partial charge in [0.2, 0.25) is 0 Å². The number of nitrogens with zero attached hydrogens (tertiary/aromatic N) is 6. The molecule has 0 aliphatic rings. The highest BCUT2D eigenvalue weighted by molar-refractivity contribution is 5.88. The summed E-state index contributed by atoms with van der Waals surface area (Å²) in [7, 11) is 6.03. The third-order valence-electron chi connectivity index (χ3n) is 4.59. The summed E-state index contributed by atoms with van der Waals surface area (Å²) in [5.41, 5.74) is 2.92. The van der Waals surface area contributed by atoms with E-state index < -0.39 is 0 Å². The first-order valence-corrected chi connectivity index (χ1v) is 9.18. The van der Waals surface area contributed by atoms with Gasteiger partial charge in [-0.1, -0.05) is 30.3 Å². The molecule has 0 aliphatic heterocycles. The van der Waals surface area contributed by atoms with Gasteiger partial charge in [0.25, 0.3) is 0 Å². The van der Waals surface area contributed by atoms with Gasteiger partial charge in [-0.2, -0.15) is 5.10 Å². The first kappa shape index (κ1) is 18.1. The monoisotopic (exact) mass is 373 g/mol. The minimum absolute atomic E-state index is 0.0831. The zero-order valence-electron chi connectivity index (χ0n) is 16.2. The number of aryl methyl sites for hydroxylation is 1. The van der Waals surface area contributed by atoms with Crippen LogP contribution in [-0.4, -0.2) is 50.3 Å². The zero-order valence-corrected chi connectivity index (χ0v) is 16.2. The Morgan fingerprint density at radius 2 is 1.79 bits per heavy atom. The summed E-state index contributed by atoms with van der Waals surface area (Å²) in [5, 5.41) is 8.92. The van der Waals surface area contributed by atoms with Crippen molar-refractivity contribution in [3.63, 3.8) is 0 Å². The van der Waals surface area contributed by atoms with E-state index in [4.69, 9.17) is 9.97 Å². The van der Waals surface area contributed by atoms with Crippen molar-refractivity contribution >= 4 is 16.9 Å². The van der Waals surface area contributed by atoms with E-state index in [1.54, 1.807) is 17.1 Å². The minimum Gasteiger partial charge on any atom is -0.361 e. The van der Waals surface area contributed by atoms with E-state index in [0.29, 0.717) is 5.82 Å². The predicted octanol–water partition coefficient (Wildman–Crippen LogP) is 3.14. The van der Waals surface area contributed by atoms with E-state index in [9.17, 15) is 0 Å². The molecule has 1 atom stereocenters. The van der Waals surface area contributed by atoms with Crippen LogP contribution in [0.1, 0.15) is 11.6 Å². The Morgan fingerprint density at radius 1 is 1.04 bits per heavy atom. The summed E-state index contributed by atoms with van der Waals surface area (Å²) in [6.45, 7) is 0.834. The topological polar surface area (TPSA) is 71.8 Å². The van der Waals surface area contributed by atoms with Crippen LogP contribution >= 0.6 is 0 Å². The molecule has 3 heterocycles. The zero-order chi connectivity index (χ0) is 19.5. The molecule has 0 saturated heterocycles. The van der Waals surface area contributed by atoms with Gasteiger partial charge in [0, 0.05) is 31.5 Å². The van der Waals surface area contributed by atoms with Crippen molar-refractivity contribution in [1.82, 2.24) is 29.6 Å². The summed E-state index contributed by atoms with van der Waals surface area (Å²) in [4.78, 5) is 15.8. The fourth-order valence-corrected chi connectivity index (χ4v) is 3.21. The van der Waals surface area contributed by atoms with Gasteiger partial charge in [-0.25, -0.2) is 9.97 Å². The molecule has 0 aliphatic carbocycles. The van der Waals surface area contributed by atoms with Crippen LogP contribution in [-0.2, 0) is 7.05 Å². The highest BCUT2D eigenvalue weighted by Crippen LogP contribution is 2.27. The molecule has 0 radical (unpaired) electrons. The van der Waals surface area contributed by atoms with E-state index in [0.717, 1.165) is 29.0 Å². The quantitative estimate of drug-likeness (QED) is 0.560. The van der Waals surface area contributed by atoms with Gasteiger partial charge in [0.15, 0.2) is 11.5 Å². The number of fused-ring (bicyclic) bond motifs is 1. The van der Waals surface area contributed by atoms with Crippen molar-refractivity contribution in [3.05, 3.63) is 66.6 Å². The first-order chi connectivity index (χ1) is 13.6. The van der Waals surface area contributed by atoms with Crippen LogP contribution in [0, 0.1) is 0 Å². The number of benzene rings is 1. The van der Waals surface area contributed by atoms with Crippen molar-refractivity contribution in [2.75, 3.05) is 26.0 Å². The molecule has 142 valence electrons. The SMILES string of the molecule is CN(C)C[C@H](Nc1nc(-c2ccncc2)nc2c1cnn2C)c1ccccc1. The smallest absolute Gasteiger partial charge is 0.164 e. The second-order valence-corrected chi connectivity index (χ2v) is 7.01. The number of nitrogens with one attached hydrogen (secondary N) is 1. The van der Waals surface area contributed by atoms with Gasteiger partial charge >= 0.3 is 0 Å². The van der Waals surface area contributed by atoms with Gasteiger partial charge in [-0.3, -0.25) is 9.67 Å². The number of hydrogen-bond donors (Lipinski definition) is 1. The molecule has 3 aromatic heterocycles. The summed E-state index contributed by atoms with van der Waals surface area (Å²) in [5.74, 6) is 1.43. The van der Waals surface area contributed by atoms with E-state index in [1.165, 1.54) is 5.56 Å². The predicted molar refractivity (Wildman–Crippen MR) is 111 cm³/mol. The molecular formula is C21H23N7. The lowest BCUT2D eigenvalue weighted by molar-refractivity contribution is 0.386. The third kappa shape index (κ3) is 3.70. The Hall–Kier alpha value is -3.32. The molecule has 4 rings (SSSR count). The maximum Gasteiger partial charge on any atom is 0.164 e. The van der Waals surface area contributed by atoms with Gasteiger partial charge < -0.3 is 10.2 Å². The molecule has 7 heteroatoms. The highest BCUT2D eigenvalue weighted by atomic mass is 15.3. The van der Waals surface area contributed by atoms with Crippen LogP contribution in [0.25, 0.3) is 22.4 Å². The summed E-state index contributed by atoms with van der Waals surface area (Å²) in [6.07, 6.45) is 5.31. The fourth-order valence-electron chi connectivity index (χ4n) is 3.21. The second kappa shape index (κ2) is 7.74. The summed E-state index contributed by atoms with van der Waals surface area (Å²) < 4.78 is 1.77. The number of aromatic nitrogens is 5. The molecule has 0 saturated carbocycles. The van der Waals surface area contributed by atoms with Crippen LogP contribution in [0.15, 0.2) is 61.1 Å². The van der Waals surface area contributed by atoms with Crippen molar-refractivity contribution in [1.29, 1.82) is 0 Å². The van der Waals surface area contributed by atoms with Crippen LogP contribution in [0.4, 0.5) is 5.82 Å². The Bertz CT molecular complexity index is 1060. The largest absolute Gasteiger partial charge is 0.361 e. The molecule has 0 bridgehead atoms. The number of anilines is 1. The van der Waals surface area contributed by atoms with Crippen molar-refractivity contribution in [3.8, 4) is 11.4 Å². The average Bonchev–Trinajstić information content (AvgIpc) is 3.09. The van der Waals surface area contributed by atoms with E-state index in [2.05, 4.69) is 58.7 Å². The molecule has 0 fully saturated rings. The van der Waals surface area contributed by atoms with Gasteiger partial charge in [-0.15, -0.1) is 0 Å². The van der Waals surface area contributed by atoms with Crippen molar-refractivity contribution in [2.24, 2.45) is 7.05 Å². The molecule has 28 heavy (non-hydrogen) atoms. The van der Waals surface area contributed by atoms with Gasteiger partial charge in [-0.05, 0) is 31.8 Å². The van der Waals surface area contributed by atoms with E-state index in [-0.39, 0.29) is 6.04 Å². The van der Waals surface area contributed by atoms with Crippen molar-refractivity contribution in [2.45, 2.75) is 6.04 Å². The Kier molecular flexibility index (Phi) is 4.99. The first-order valence-electron chi connectivity index (χ1n) is 9.18. The van der Waals surface area contributed by atoms with Crippen LogP contribution < -0.4 is 5.32 Å². The molecule has 1 N–H and O–H groups in total. The maximum absolute atomic E-state index is 4.84. The summed E-state index contributed by atoms with van der Waals surface area (Å²) >= 11 is 0. The molecule has 4 aromatic rings. The van der Waals surface area contributed by atoms with E-state index >= 15 is 0 Å². The molecule has 0 unspecified atom stereocenters. The lowest BCUT2D eigenvalue weighted by atomic mass is 10.1. The highest BCUT2D eigenvalue weighted by Gasteiger charge is 2.18. The Labute approximate surface area is 164 Å². The average molecular weight is 373 g/mol. The summed E-state index contributed by atoms with van der Waals surface area (Å²) in [6, 6.07) is 14.3. The minimum atomic E-state index is 0.0831. The molecule has 0 spiro atoms. The number of pyridine rings is 1. The number of likely N-dealkylation sites (N-methyl/N-ethyl adjacent to an activating group) is 1. The Balaban J connectivity index is 1.80. The lowest BCUT2D eigenvalue weighted by Crippen LogP contribution is -2.26. The lowest BCUT2D eigenvalue weighted by Gasteiger charge is -2.24. The number of hydrogen-bond acceptors (Lipinski definition) is 6. The molecule has 7 nitrogen and oxygen atoms in total. The van der Waals surface area contributed by atoms with Crippen LogP contribution in [0.5, 0.6) is 0 Å². The second-order valence-electron chi connectivity index (χ2n) is 7.01. The standard InChI is InChI=1S/C21H23N7/c1-27(2)14-18(15-7-5-4-6-8-15)24-20-17-13-23-28(3)21(17)26-19(25-20)16-9-11-22-12-10-16/h4-13,18H,14H2,1-3H3,(H,24,25,26)/t18-/m0/s1. The molecule has 1 aromatic carbocycles. The van der Waals surface area contributed by atoms with E-state index in [1.807, 2.05) is 31.4 Å². The van der Waals surface area contributed by atoms with Crippen LogP contribution in [0.3, 0.4) is 0 Å². The maximum atomic E-state index is 4.84. The molecule has 0 amide bonds. The molecular weight excluding hydrogens is 350 g/mol. The number of rotatable bonds is 6. The Morgan fingerprint density at radius 3 is 2.50 bits per heavy atom. The van der Waals surface area contributed by atoms with Gasteiger partial charge in [0.05, 0.1) is 17.6 Å². The van der Waals surface area contributed by atoms with Crippen molar-refractivity contribution < 1.29 is 0 Å². The third-order valence-corrected chi connectivity index (χ3v) is 4.59. The van der Waals surface area contributed by atoms with Crippen LogP contribution in [0.2, 0.25) is 0 Å². The van der Waals surface area contributed by atoms with Gasteiger partial charge in [0.1, 0.15) is 5.82 Å². The normalized spacial score (nSPS) is 12.4. The fraction of sp³-hybridized carbons (Fsp3) is 0.238.